The van der Waals surface area contributed by atoms with Gasteiger partial charge in [-0.2, -0.15) is 0 Å². The summed E-state index contributed by atoms with van der Waals surface area (Å²) in [5.74, 6) is -0.836. The van der Waals surface area contributed by atoms with Crippen molar-refractivity contribution in [3.05, 3.63) is 63.8 Å². The minimum Gasteiger partial charge on any atom is -0.495 e. The number of rotatable bonds is 6. The maximum absolute atomic E-state index is 12.8. The molecule has 0 radical (unpaired) electrons. The highest BCUT2D eigenvalue weighted by atomic mass is 16.5. The van der Waals surface area contributed by atoms with Crippen molar-refractivity contribution in [2.24, 2.45) is 5.92 Å². The van der Waals surface area contributed by atoms with Crippen LogP contribution in [0.5, 0.6) is 5.75 Å². The maximum Gasteiger partial charge on any atom is 0.349 e. The standard InChI is InChI=1S/C22H22N2O6/c1-12(2)21(26)29-11-14-10-23-13(3)19-15(14)9-16(22(27)30-19)20(25)24-17-7-5-6-8-18(17)28-4/h5-10,12H,11H2,1-4H3,(H,24,25). The topological polar surface area (TPSA) is 108 Å². The highest BCUT2D eigenvalue weighted by molar-refractivity contribution is 6.06. The second-order valence-corrected chi connectivity index (χ2v) is 6.98. The van der Waals surface area contributed by atoms with Gasteiger partial charge in [0.1, 0.15) is 17.9 Å². The van der Waals surface area contributed by atoms with Crippen LogP contribution in [-0.4, -0.2) is 24.0 Å². The molecular formula is C22H22N2O6. The Balaban J connectivity index is 2.00. The van der Waals surface area contributed by atoms with Crippen molar-refractivity contribution in [3.63, 3.8) is 0 Å². The van der Waals surface area contributed by atoms with Gasteiger partial charge in [0.05, 0.1) is 24.4 Å². The lowest BCUT2D eigenvalue weighted by molar-refractivity contribution is -0.148. The fourth-order valence-electron chi connectivity index (χ4n) is 2.81. The number of benzene rings is 1. The number of hydrogen-bond donors (Lipinski definition) is 1. The predicted octanol–water partition coefficient (Wildman–Crippen LogP) is 3.46. The Hall–Kier alpha value is -3.68. The number of ether oxygens (including phenoxy) is 2. The lowest BCUT2D eigenvalue weighted by Gasteiger charge is -2.12. The quantitative estimate of drug-likeness (QED) is 0.620. The van der Waals surface area contributed by atoms with Gasteiger partial charge in [0.2, 0.25) is 0 Å². The molecule has 2 heterocycles. The molecule has 0 fully saturated rings. The van der Waals surface area contributed by atoms with Gasteiger partial charge in [-0.15, -0.1) is 0 Å². The van der Waals surface area contributed by atoms with E-state index in [1.54, 1.807) is 45.0 Å². The molecule has 30 heavy (non-hydrogen) atoms. The number of anilines is 1. The molecular weight excluding hydrogens is 388 g/mol. The Morgan fingerprint density at radius 1 is 1.23 bits per heavy atom. The summed E-state index contributed by atoms with van der Waals surface area (Å²) < 4.78 is 15.9. The molecule has 3 rings (SSSR count). The SMILES string of the molecule is COc1ccccc1NC(=O)c1cc2c(COC(=O)C(C)C)cnc(C)c2oc1=O. The Bertz CT molecular complexity index is 1170. The van der Waals surface area contributed by atoms with Gasteiger partial charge >= 0.3 is 11.6 Å². The fraction of sp³-hybridized carbons (Fsp3) is 0.273. The van der Waals surface area contributed by atoms with Crippen molar-refractivity contribution in [2.75, 3.05) is 12.4 Å². The zero-order chi connectivity index (χ0) is 21.8. The summed E-state index contributed by atoms with van der Waals surface area (Å²) in [7, 11) is 1.48. The highest BCUT2D eigenvalue weighted by Crippen LogP contribution is 2.25. The first kappa shape index (κ1) is 21.0. The van der Waals surface area contributed by atoms with E-state index < -0.39 is 11.5 Å². The van der Waals surface area contributed by atoms with Gasteiger partial charge in [0.25, 0.3) is 5.91 Å². The number of hydrogen-bond acceptors (Lipinski definition) is 7. The Labute approximate surface area is 172 Å². The number of nitrogens with one attached hydrogen (secondary N) is 1. The van der Waals surface area contributed by atoms with Crippen molar-refractivity contribution in [2.45, 2.75) is 27.4 Å². The fourth-order valence-corrected chi connectivity index (χ4v) is 2.81. The Kier molecular flexibility index (Phi) is 6.15. The van der Waals surface area contributed by atoms with Crippen molar-refractivity contribution >= 4 is 28.5 Å². The van der Waals surface area contributed by atoms with Crippen LogP contribution in [0.4, 0.5) is 5.69 Å². The molecule has 0 aliphatic heterocycles. The molecule has 0 spiro atoms. The van der Waals surface area contributed by atoms with Crippen molar-refractivity contribution < 1.29 is 23.5 Å². The van der Waals surface area contributed by atoms with E-state index in [2.05, 4.69) is 10.3 Å². The van der Waals surface area contributed by atoms with E-state index in [0.717, 1.165) is 0 Å². The number of carbonyl (C=O) groups is 2. The number of aryl methyl sites for hydroxylation is 1. The number of pyridine rings is 1. The minimum atomic E-state index is -0.795. The van der Waals surface area contributed by atoms with Crippen LogP contribution < -0.4 is 15.7 Å². The largest absolute Gasteiger partial charge is 0.495 e. The van der Waals surface area contributed by atoms with Crippen LogP contribution in [0.3, 0.4) is 0 Å². The molecule has 1 aromatic carbocycles. The molecule has 0 saturated carbocycles. The van der Waals surface area contributed by atoms with E-state index >= 15 is 0 Å². The molecule has 0 atom stereocenters. The number of aromatic nitrogens is 1. The average molecular weight is 410 g/mol. The molecule has 0 bridgehead atoms. The van der Waals surface area contributed by atoms with Crippen molar-refractivity contribution in [1.29, 1.82) is 0 Å². The summed E-state index contributed by atoms with van der Waals surface area (Å²) in [5, 5.41) is 3.13. The summed E-state index contributed by atoms with van der Waals surface area (Å²) in [4.78, 5) is 41.3. The number of amides is 1. The summed E-state index contributed by atoms with van der Waals surface area (Å²) in [5.41, 5.74) is 0.692. The summed E-state index contributed by atoms with van der Waals surface area (Å²) in [6.45, 7) is 5.09. The van der Waals surface area contributed by atoms with Gasteiger partial charge in [-0.1, -0.05) is 26.0 Å². The minimum absolute atomic E-state index is 0.0535. The maximum atomic E-state index is 12.8. The van der Waals surface area contributed by atoms with E-state index in [1.165, 1.54) is 19.4 Å². The first-order valence-electron chi connectivity index (χ1n) is 9.35. The van der Waals surface area contributed by atoms with Crippen LogP contribution in [0.2, 0.25) is 0 Å². The molecule has 0 aliphatic carbocycles. The second-order valence-electron chi connectivity index (χ2n) is 6.98. The summed E-state index contributed by atoms with van der Waals surface area (Å²) in [6.07, 6.45) is 1.53. The Morgan fingerprint density at radius 2 is 1.97 bits per heavy atom. The number of methoxy groups -OCH3 is 1. The summed E-state index contributed by atoms with van der Waals surface area (Å²) in [6, 6.07) is 8.27. The van der Waals surface area contributed by atoms with Crippen LogP contribution in [0.1, 0.15) is 35.5 Å². The van der Waals surface area contributed by atoms with Crippen molar-refractivity contribution in [1.82, 2.24) is 4.98 Å². The molecule has 2 aromatic heterocycles. The predicted molar refractivity (Wildman–Crippen MR) is 111 cm³/mol. The zero-order valence-electron chi connectivity index (χ0n) is 17.1. The smallest absolute Gasteiger partial charge is 0.349 e. The monoisotopic (exact) mass is 410 g/mol. The van der Waals surface area contributed by atoms with E-state index in [1.807, 2.05) is 0 Å². The number of para-hydroxylation sites is 2. The number of nitrogens with zero attached hydrogens (tertiary/aromatic N) is 1. The first-order valence-corrected chi connectivity index (χ1v) is 9.35. The molecule has 0 saturated heterocycles. The third kappa shape index (κ3) is 4.32. The van der Waals surface area contributed by atoms with Gasteiger partial charge in [-0.25, -0.2) is 4.79 Å². The second kappa shape index (κ2) is 8.77. The lowest BCUT2D eigenvalue weighted by Crippen LogP contribution is -2.21. The first-order chi connectivity index (χ1) is 14.3. The van der Waals surface area contributed by atoms with Crippen LogP contribution in [0.25, 0.3) is 11.0 Å². The number of carbonyl (C=O) groups excluding carboxylic acids is 2. The van der Waals surface area contributed by atoms with Gasteiger partial charge in [-0.05, 0) is 25.1 Å². The van der Waals surface area contributed by atoms with Crippen LogP contribution in [0, 0.1) is 12.8 Å². The zero-order valence-corrected chi connectivity index (χ0v) is 17.1. The Morgan fingerprint density at radius 3 is 2.67 bits per heavy atom. The van der Waals surface area contributed by atoms with Crippen LogP contribution in [0.15, 0.2) is 45.7 Å². The molecule has 3 aromatic rings. The summed E-state index contributed by atoms with van der Waals surface area (Å²) >= 11 is 0. The molecule has 0 unspecified atom stereocenters. The molecule has 1 N–H and O–H groups in total. The number of fused-ring (bicyclic) bond motifs is 1. The third-order valence-corrected chi connectivity index (χ3v) is 4.48. The van der Waals surface area contributed by atoms with E-state index in [0.29, 0.717) is 28.1 Å². The van der Waals surface area contributed by atoms with E-state index in [-0.39, 0.29) is 29.6 Å². The molecule has 1 amide bonds. The number of esters is 1. The molecule has 0 aliphatic rings. The third-order valence-electron chi connectivity index (χ3n) is 4.48. The van der Waals surface area contributed by atoms with Crippen LogP contribution >= 0.6 is 0 Å². The molecule has 156 valence electrons. The van der Waals surface area contributed by atoms with Gasteiger partial charge in [0, 0.05) is 17.1 Å². The van der Waals surface area contributed by atoms with Crippen LogP contribution in [-0.2, 0) is 16.1 Å². The molecule has 8 heteroatoms. The van der Waals surface area contributed by atoms with Gasteiger partial charge in [0.15, 0.2) is 5.58 Å². The highest BCUT2D eigenvalue weighted by Gasteiger charge is 2.19. The molecule has 8 nitrogen and oxygen atoms in total. The van der Waals surface area contributed by atoms with Crippen molar-refractivity contribution in [3.8, 4) is 5.75 Å². The van der Waals surface area contributed by atoms with Gasteiger partial charge < -0.3 is 19.2 Å². The van der Waals surface area contributed by atoms with E-state index in [9.17, 15) is 14.4 Å². The average Bonchev–Trinajstić information content (AvgIpc) is 2.73. The van der Waals surface area contributed by atoms with E-state index in [4.69, 9.17) is 13.9 Å². The normalized spacial score (nSPS) is 10.8. The van der Waals surface area contributed by atoms with Gasteiger partial charge in [-0.3, -0.25) is 14.6 Å². The lowest BCUT2D eigenvalue weighted by atomic mass is 10.1.